The van der Waals surface area contributed by atoms with Crippen LogP contribution in [0, 0.1) is 0 Å². The van der Waals surface area contributed by atoms with Crippen LogP contribution in [0.1, 0.15) is 46.3 Å². The summed E-state index contributed by atoms with van der Waals surface area (Å²) in [6.45, 7) is 2.13. The first kappa shape index (κ1) is 17.5. The number of aromatic hydroxyl groups is 1. The molecule has 0 saturated heterocycles. The first-order chi connectivity index (χ1) is 13.2. The summed E-state index contributed by atoms with van der Waals surface area (Å²) in [5.74, 6) is 0.426. The summed E-state index contributed by atoms with van der Waals surface area (Å²) in [7, 11) is 0. The van der Waals surface area contributed by atoms with Crippen LogP contribution in [0.15, 0.2) is 71.7 Å². The monoisotopic (exact) mass is 355 g/mol. The molecule has 0 aliphatic heterocycles. The summed E-state index contributed by atoms with van der Waals surface area (Å²) in [5.41, 5.74) is 7.23. The minimum absolute atomic E-state index is 0.137. The minimum Gasteiger partial charge on any atom is -0.508 e. The van der Waals surface area contributed by atoms with E-state index in [0.717, 1.165) is 31.2 Å². The van der Waals surface area contributed by atoms with Gasteiger partial charge < -0.3 is 5.11 Å². The molecule has 7 rings (SSSR count). The van der Waals surface area contributed by atoms with Gasteiger partial charge in [-0.1, -0.05) is 54.6 Å². The van der Waals surface area contributed by atoms with Gasteiger partial charge in [-0.15, -0.1) is 0 Å². The Balaban J connectivity index is 1.63. The Kier molecular flexibility index (Phi) is 5.06. The molecule has 0 amide bonds. The second-order valence-corrected chi connectivity index (χ2v) is 7.36. The fourth-order valence-electron chi connectivity index (χ4n) is 3.69. The molecule has 4 aliphatic rings. The zero-order valence-electron chi connectivity index (χ0n) is 15.7. The van der Waals surface area contributed by atoms with E-state index >= 15 is 0 Å². The number of benzene rings is 3. The topological polar surface area (TPSA) is 32.6 Å². The van der Waals surface area contributed by atoms with Crippen molar-refractivity contribution in [2.24, 2.45) is 4.99 Å². The molecule has 0 radical (unpaired) electrons. The molecule has 1 atom stereocenters. The van der Waals surface area contributed by atoms with E-state index in [-0.39, 0.29) is 6.04 Å². The Morgan fingerprint density at radius 2 is 1.48 bits per heavy atom. The molecule has 0 heterocycles. The van der Waals surface area contributed by atoms with Crippen molar-refractivity contribution in [2.75, 3.05) is 0 Å². The van der Waals surface area contributed by atoms with Crippen molar-refractivity contribution in [3.05, 3.63) is 100 Å². The summed E-state index contributed by atoms with van der Waals surface area (Å²) in [6.07, 6.45) is 5.66. The Morgan fingerprint density at radius 3 is 2.22 bits per heavy atom. The second-order valence-electron chi connectivity index (χ2n) is 7.36. The lowest BCUT2D eigenvalue weighted by Crippen LogP contribution is -2.02. The highest BCUT2D eigenvalue weighted by atomic mass is 16.3. The van der Waals surface area contributed by atoms with Crippen LogP contribution in [0.2, 0.25) is 0 Å². The molecule has 0 saturated carbocycles. The first-order valence-corrected chi connectivity index (χ1v) is 9.70. The van der Waals surface area contributed by atoms with E-state index in [0.29, 0.717) is 5.75 Å². The smallest absolute Gasteiger partial charge is 0.119 e. The van der Waals surface area contributed by atoms with Gasteiger partial charge in [0.05, 0.1) is 6.04 Å². The van der Waals surface area contributed by atoms with Gasteiger partial charge in [-0.2, -0.15) is 0 Å². The van der Waals surface area contributed by atoms with Gasteiger partial charge in [0, 0.05) is 6.21 Å². The molecular formula is C25H25NO. The Bertz CT molecular complexity index is 959. The Morgan fingerprint density at radius 1 is 0.815 bits per heavy atom. The molecule has 2 heteroatoms. The summed E-state index contributed by atoms with van der Waals surface area (Å²) in [4.78, 5) is 4.82. The minimum atomic E-state index is 0.137. The third-order valence-corrected chi connectivity index (χ3v) is 5.45. The lowest BCUT2D eigenvalue weighted by atomic mass is 9.93. The number of phenolic OH excluding ortho intramolecular Hbond substituents is 1. The summed E-state index contributed by atoms with van der Waals surface area (Å²) in [6, 6.07) is 23.4. The average Bonchev–Trinajstić information content (AvgIpc) is 2.69. The highest BCUT2D eigenvalue weighted by Crippen LogP contribution is 2.25. The van der Waals surface area contributed by atoms with Crippen LogP contribution in [-0.2, 0) is 25.7 Å². The third-order valence-electron chi connectivity index (χ3n) is 5.45. The number of nitrogens with zero attached hydrogens (tertiary/aromatic N) is 1. The molecule has 0 fully saturated rings. The lowest BCUT2D eigenvalue weighted by molar-refractivity contribution is 0.467. The van der Waals surface area contributed by atoms with Crippen molar-refractivity contribution in [3.63, 3.8) is 0 Å². The molecule has 3 aromatic rings. The Hall–Kier alpha value is -2.87. The fraction of sp³-hybridized carbons (Fsp3) is 0.240. The largest absolute Gasteiger partial charge is 0.508 e. The van der Waals surface area contributed by atoms with Crippen LogP contribution >= 0.6 is 0 Å². The maximum Gasteiger partial charge on any atom is 0.119 e. The third kappa shape index (κ3) is 4.11. The van der Waals surface area contributed by atoms with Crippen LogP contribution in [0.5, 0.6) is 5.75 Å². The lowest BCUT2D eigenvalue weighted by Gasteiger charge is -2.14. The summed E-state index contributed by atoms with van der Waals surface area (Å²) < 4.78 is 0. The summed E-state index contributed by atoms with van der Waals surface area (Å²) in [5, 5.41) is 10.3. The van der Waals surface area contributed by atoms with Gasteiger partial charge >= 0.3 is 0 Å². The van der Waals surface area contributed by atoms with Gasteiger partial charge in [-0.25, -0.2) is 0 Å². The zero-order chi connectivity index (χ0) is 18.6. The molecule has 0 aromatic heterocycles. The highest BCUT2D eigenvalue weighted by molar-refractivity contribution is 5.82. The molecule has 0 spiro atoms. The average molecular weight is 355 g/mol. The molecule has 0 unspecified atom stereocenters. The van der Waals surface area contributed by atoms with Gasteiger partial charge in [0.15, 0.2) is 0 Å². The van der Waals surface area contributed by atoms with E-state index in [1.165, 1.54) is 27.8 Å². The molecule has 136 valence electrons. The van der Waals surface area contributed by atoms with E-state index in [1.807, 2.05) is 18.3 Å². The molecule has 3 aromatic carbocycles. The van der Waals surface area contributed by atoms with Gasteiger partial charge in [0.2, 0.25) is 0 Å². The summed E-state index contributed by atoms with van der Waals surface area (Å²) >= 11 is 0. The van der Waals surface area contributed by atoms with Crippen LogP contribution in [0.4, 0.5) is 0 Å². The van der Waals surface area contributed by atoms with Crippen molar-refractivity contribution in [3.8, 4) is 5.75 Å². The number of hydrogen-bond donors (Lipinski definition) is 1. The van der Waals surface area contributed by atoms with E-state index in [9.17, 15) is 5.11 Å². The van der Waals surface area contributed by atoms with Crippen molar-refractivity contribution in [1.82, 2.24) is 0 Å². The zero-order valence-corrected chi connectivity index (χ0v) is 15.7. The van der Waals surface area contributed by atoms with E-state index in [4.69, 9.17) is 4.99 Å². The van der Waals surface area contributed by atoms with Crippen LogP contribution in [-0.4, -0.2) is 11.3 Å². The molecular weight excluding hydrogens is 330 g/mol. The van der Waals surface area contributed by atoms with E-state index in [1.54, 1.807) is 0 Å². The maximum absolute atomic E-state index is 10.3. The van der Waals surface area contributed by atoms with Crippen LogP contribution in [0.3, 0.4) is 0 Å². The van der Waals surface area contributed by atoms with Gasteiger partial charge in [-0.3, -0.25) is 4.99 Å². The van der Waals surface area contributed by atoms with Gasteiger partial charge in [-0.05, 0) is 78.1 Å². The number of aryl methyl sites for hydroxylation is 4. The van der Waals surface area contributed by atoms with Gasteiger partial charge in [0.25, 0.3) is 0 Å². The van der Waals surface area contributed by atoms with Crippen LogP contribution < -0.4 is 0 Å². The van der Waals surface area contributed by atoms with E-state index < -0.39 is 0 Å². The predicted octanol–water partition coefficient (Wildman–Crippen LogP) is 5.46. The van der Waals surface area contributed by atoms with Crippen LogP contribution in [0.25, 0.3) is 0 Å². The normalized spacial score (nSPS) is 14.9. The van der Waals surface area contributed by atoms with Crippen molar-refractivity contribution in [2.45, 2.75) is 38.6 Å². The molecule has 1 N–H and O–H groups in total. The number of rotatable bonds is 3. The number of phenols is 1. The first-order valence-electron chi connectivity index (χ1n) is 9.70. The molecule has 4 bridgehead atoms. The predicted molar refractivity (Wildman–Crippen MR) is 112 cm³/mol. The highest BCUT2D eigenvalue weighted by Gasteiger charge is 2.10. The van der Waals surface area contributed by atoms with Crippen molar-refractivity contribution < 1.29 is 5.11 Å². The fourth-order valence-corrected chi connectivity index (χ4v) is 3.69. The SMILES string of the molecule is C[C@@H](N=Cc1cc2ccc1CCc1ccc(cc1O)CC2)c1ccccc1. The number of aliphatic imine (C=N–C) groups is 1. The van der Waals surface area contributed by atoms with Gasteiger partial charge in [0.1, 0.15) is 5.75 Å². The van der Waals surface area contributed by atoms with Crippen molar-refractivity contribution >= 4 is 6.21 Å². The van der Waals surface area contributed by atoms with E-state index in [2.05, 4.69) is 61.5 Å². The number of hydrogen-bond acceptors (Lipinski definition) is 2. The molecule has 27 heavy (non-hydrogen) atoms. The molecule has 2 nitrogen and oxygen atoms in total. The second kappa shape index (κ2) is 7.79. The quantitative estimate of drug-likeness (QED) is 0.622. The Labute approximate surface area is 161 Å². The maximum atomic E-state index is 10.3. The standard InChI is InChI=1S/C25H25NO/c1-18(21-5-3-2-4-6-21)26-17-24-15-19-7-8-20-10-12-23(25(27)16-20)14-13-22(24)11-9-19/h2-6,9-12,15-18,27H,7-8,13-14H2,1H3/t18-/m1/s1. The van der Waals surface area contributed by atoms with Crippen molar-refractivity contribution in [1.29, 1.82) is 0 Å². The molecule has 4 aliphatic carbocycles.